The van der Waals surface area contributed by atoms with Gasteiger partial charge in [-0.05, 0) is 0 Å². The van der Waals surface area contributed by atoms with Gasteiger partial charge in [0.25, 0.3) is 0 Å². The van der Waals surface area contributed by atoms with Crippen LogP contribution in [0.25, 0.3) is 0 Å². The summed E-state index contributed by atoms with van der Waals surface area (Å²) in [6.45, 7) is 0. The van der Waals surface area contributed by atoms with Crippen LogP contribution in [0.2, 0.25) is 0 Å². The standard InChI is InChI=1S/CH3FO3S.CH3O3S.Ba.Li/c2-1-6(3,4)5;1-5(2,3)4;;/h1H2,(H,3,4,5);1H2,(H,2,3,4);;/q;;+2;/p-2. The van der Waals surface area contributed by atoms with Gasteiger partial charge in [0.2, 0.25) is 0 Å². The van der Waals surface area contributed by atoms with Crippen molar-refractivity contribution in [2.45, 2.75) is 0 Å². The fourth-order valence-electron chi connectivity index (χ4n) is 0. The van der Waals surface area contributed by atoms with Gasteiger partial charge in [-0.2, -0.15) is 0 Å². The fraction of sp³-hybridized carbons (Fsp3) is 1.00. The zero-order chi connectivity index (χ0) is 10.4. The van der Waals surface area contributed by atoms with E-state index in [1.54, 1.807) is 0 Å². The summed E-state index contributed by atoms with van der Waals surface area (Å²) < 4.78 is 65.8. The molecule has 0 rings (SSSR count). The van der Waals surface area contributed by atoms with Crippen LogP contribution in [0.4, 0.5) is 4.39 Å². The zero-order valence-electron chi connectivity index (χ0n) is 6.77. The first kappa shape index (κ1) is 20.3. The van der Waals surface area contributed by atoms with Crippen LogP contribution in [-0.4, -0.2) is 103 Å². The molecular formula is C2H4BaFLiO6S2. The molecule has 0 saturated carbocycles. The monoisotopic (exact) mass is 352 g/mol. The van der Waals surface area contributed by atoms with Crippen molar-refractivity contribution in [1.29, 1.82) is 0 Å². The number of halogens is 1. The Hall–Kier alpha value is 1.92. The Labute approximate surface area is 125 Å². The predicted octanol–water partition coefficient (Wildman–Crippen LogP) is -2.26. The summed E-state index contributed by atoms with van der Waals surface area (Å²) in [7, 11) is -8.49. The first-order valence-corrected chi connectivity index (χ1v) is 5.71. The van der Waals surface area contributed by atoms with Gasteiger partial charge in [0.05, 0.1) is 0 Å². The molecule has 0 heterocycles. The SMILES string of the molecule is O=S(=O)([O-])CF.[Ba+2].[Li][CH2]S(=O)(=O)[O-]. The van der Waals surface area contributed by atoms with E-state index in [2.05, 4.69) is 0 Å². The minimum absolute atomic E-state index is 0. The van der Waals surface area contributed by atoms with Crippen molar-refractivity contribution < 1.29 is 30.3 Å². The van der Waals surface area contributed by atoms with E-state index >= 15 is 0 Å². The van der Waals surface area contributed by atoms with Crippen molar-refractivity contribution in [1.82, 2.24) is 0 Å². The van der Waals surface area contributed by atoms with Crippen LogP contribution < -0.4 is 0 Å². The summed E-state index contributed by atoms with van der Waals surface area (Å²) in [5.41, 5.74) is 0. The van der Waals surface area contributed by atoms with Crippen molar-refractivity contribution in [3.63, 3.8) is 0 Å². The molecule has 0 aliphatic rings. The van der Waals surface area contributed by atoms with E-state index in [1.807, 2.05) is 0 Å². The van der Waals surface area contributed by atoms with E-state index in [0.717, 1.165) is 0 Å². The molecule has 11 heteroatoms. The Balaban J connectivity index is -0.000000143. The second-order valence-corrected chi connectivity index (χ2v) is 4.54. The molecule has 0 radical (unpaired) electrons. The van der Waals surface area contributed by atoms with Crippen molar-refractivity contribution in [2.75, 3.05) is 10.4 Å². The van der Waals surface area contributed by atoms with Gasteiger partial charge in [0, 0.05) is 0 Å². The predicted molar refractivity (Wildman–Crippen MR) is 41.7 cm³/mol. The van der Waals surface area contributed by atoms with Gasteiger partial charge in [0.15, 0.2) is 6.01 Å². The molecular weight excluding hydrogens is 347 g/mol. The molecule has 70 valence electrons. The summed E-state index contributed by atoms with van der Waals surface area (Å²) in [4.78, 5) is 0. The summed E-state index contributed by atoms with van der Waals surface area (Å²) >= 11 is 1.31. The molecule has 0 amide bonds. The van der Waals surface area contributed by atoms with Crippen LogP contribution in [0, 0.1) is 0 Å². The van der Waals surface area contributed by atoms with Crippen LogP contribution >= 0.6 is 0 Å². The van der Waals surface area contributed by atoms with Crippen LogP contribution in [0.15, 0.2) is 0 Å². The maximum atomic E-state index is 10.6. The van der Waals surface area contributed by atoms with Crippen LogP contribution in [0.5, 0.6) is 0 Å². The van der Waals surface area contributed by atoms with Crippen molar-refractivity contribution in [2.24, 2.45) is 0 Å². The number of rotatable bonds is 2. The van der Waals surface area contributed by atoms with Crippen LogP contribution in [0.3, 0.4) is 0 Å². The fourth-order valence-corrected chi connectivity index (χ4v) is 0. The second-order valence-electron chi connectivity index (χ2n) is 1.51. The quantitative estimate of drug-likeness (QED) is 0.409. The average Bonchev–Trinajstić information content (AvgIpc) is 1.86. The van der Waals surface area contributed by atoms with E-state index in [1.165, 1.54) is 17.7 Å². The van der Waals surface area contributed by atoms with Crippen molar-refractivity contribution in [3.8, 4) is 0 Å². The molecule has 0 aromatic heterocycles. The molecule has 6 nitrogen and oxygen atoms in total. The molecule has 0 aromatic rings. The molecule has 0 atom stereocenters. The molecule has 0 unspecified atom stereocenters. The average molecular weight is 351 g/mol. The normalized spacial score (nSPS) is 10.8. The van der Waals surface area contributed by atoms with E-state index in [9.17, 15) is 17.4 Å². The van der Waals surface area contributed by atoms with Gasteiger partial charge in [0.1, 0.15) is 10.1 Å². The first-order chi connectivity index (χ1) is 5.12. The van der Waals surface area contributed by atoms with Gasteiger partial charge >= 0.3 is 94.1 Å². The Morgan fingerprint density at radius 3 is 1.23 bits per heavy atom. The summed E-state index contributed by atoms with van der Waals surface area (Å²) in [5, 5.41) is 0. The minimum atomic E-state index is -4.58. The first-order valence-electron chi connectivity index (χ1n) is 2.55. The molecule has 0 bridgehead atoms. The van der Waals surface area contributed by atoms with Gasteiger partial charge in [-0.25, -0.2) is 12.8 Å². The maximum absolute atomic E-state index is 10.6. The van der Waals surface area contributed by atoms with E-state index in [4.69, 9.17) is 13.0 Å². The van der Waals surface area contributed by atoms with E-state index in [0.29, 0.717) is 0 Å². The van der Waals surface area contributed by atoms with Crippen molar-refractivity contribution in [3.05, 3.63) is 0 Å². The number of hydrogen-bond donors (Lipinski definition) is 0. The van der Waals surface area contributed by atoms with E-state index < -0.39 is 26.2 Å². The Kier molecular flexibility index (Phi) is 14.3. The third-order valence-electron chi connectivity index (χ3n) is 0.487. The molecule has 0 aliphatic carbocycles. The van der Waals surface area contributed by atoms with Crippen LogP contribution in [-0.2, 0) is 20.2 Å². The molecule has 0 spiro atoms. The molecule has 0 N–H and O–H groups in total. The molecule has 0 aliphatic heterocycles. The third-order valence-corrected chi connectivity index (χ3v) is 1.46. The summed E-state index contributed by atoms with van der Waals surface area (Å²) in [6, 6.07) is -1.81. The second kappa shape index (κ2) is 9.17. The van der Waals surface area contributed by atoms with Crippen LogP contribution in [0.1, 0.15) is 0 Å². The topological polar surface area (TPSA) is 114 Å². The van der Waals surface area contributed by atoms with Gasteiger partial charge in [-0.15, -0.1) is 0 Å². The van der Waals surface area contributed by atoms with Gasteiger partial charge < -0.3 is 4.55 Å². The van der Waals surface area contributed by atoms with Gasteiger partial charge in [-0.3, -0.25) is 0 Å². The summed E-state index contributed by atoms with van der Waals surface area (Å²) in [6.07, 6.45) is 0. The molecule has 13 heavy (non-hydrogen) atoms. The Bertz CT molecular complexity index is 265. The van der Waals surface area contributed by atoms with Gasteiger partial charge in [-0.1, -0.05) is 0 Å². The number of hydrogen-bond acceptors (Lipinski definition) is 6. The molecule has 0 aromatic carbocycles. The third kappa shape index (κ3) is 31.5. The van der Waals surface area contributed by atoms with E-state index in [-0.39, 0.29) is 53.3 Å². The molecule has 0 saturated heterocycles. The zero-order valence-corrected chi connectivity index (χ0v) is 12.8. The molecule has 0 fully saturated rings. The number of alkyl halides is 1. The Morgan fingerprint density at radius 2 is 1.23 bits per heavy atom. The van der Waals surface area contributed by atoms with Crippen molar-refractivity contribution >= 4 is 86.8 Å². The Morgan fingerprint density at radius 1 is 1.08 bits per heavy atom. The summed E-state index contributed by atoms with van der Waals surface area (Å²) in [5.74, 6) is 0.